The quantitative estimate of drug-likeness (QED) is 0.796. The Morgan fingerprint density at radius 2 is 1.83 bits per heavy atom. The van der Waals surface area contributed by atoms with Crippen molar-refractivity contribution in [2.45, 2.75) is 13.3 Å². The van der Waals surface area contributed by atoms with Crippen LogP contribution in [0.4, 0.5) is 0 Å². The fraction of sp³-hybridized carbons (Fsp3) is 0.111. The zero-order valence-corrected chi connectivity index (χ0v) is 12.5. The molecule has 5 heteroatoms. The fourth-order valence-corrected chi connectivity index (χ4v) is 2.42. The van der Waals surface area contributed by atoms with E-state index in [2.05, 4.69) is 30.7 Å². The molecule has 110 valence electrons. The first kappa shape index (κ1) is 14.5. The van der Waals surface area contributed by atoms with E-state index in [1.165, 1.54) is 0 Å². The zero-order valence-electron chi connectivity index (χ0n) is 12.5. The van der Waals surface area contributed by atoms with Gasteiger partial charge in [-0.3, -0.25) is 0 Å². The van der Waals surface area contributed by atoms with Crippen LogP contribution in [0.25, 0.3) is 26.7 Å². The highest BCUT2D eigenvalue weighted by Crippen LogP contribution is 2.20. The number of allylic oxidation sites excluding steroid dienone is 1. The highest BCUT2D eigenvalue weighted by molar-refractivity contribution is 6.12. The Kier molecular flexibility index (Phi) is 3.86. The second-order valence-electron chi connectivity index (χ2n) is 5.12. The van der Waals surface area contributed by atoms with E-state index in [1.54, 1.807) is 0 Å². The molecule has 1 N–H and O–H groups in total. The molecule has 1 aliphatic heterocycles. The Morgan fingerprint density at radius 1 is 1.09 bits per heavy atom. The van der Waals surface area contributed by atoms with E-state index in [0.717, 1.165) is 27.9 Å². The van der Waals surface area contributed by atoms with Crippen molar-refractivity contribution in [3.8, 4) is 0 Å². The third kappa shape index (κ3) is 2.95. The summed E-state index contributed by atoms with van der Waals surface area (Å²) in [6, 6.07) is 8.05. The second kappa shape index (κ2) is 6.13. The Bertz CT molecular complexity index is 971. The van der Waals surface area contributed by atoms with Crippen molar-refractivity contribution in [2.24, 2.45) is 9.98 Å². The lowest BCUT2D eigenvalue weighted by Gasteiger charge is -1.93. The molecule has 0 spiro atoms. The number of nitrogens with zero attached hydrogens (tertiary/aromatic N) is 4. The molecule has 0 fully saturated rings. The molecule has 0 radical (unpaired) electrons. The van der Waals surface area contributed by atoms with Gasteiger partial charge in [-0.2, -0.15) is 0 Å². The van der Waals surface area contributed by atoms with E-state index >= 15 is 0 Å². The second-order valence-corrected chi connectivity index (χ2v) is 5.12. The summed E-state index contributed by atoms with van der Waals surface area (Å²) in [6.45, 7) is 16.1. The van der Waals surface area contributed by atoms with Gasteiger partial charge in [-0.1, -0.05) is 31.3 Å². The molecule has 0 unspecified atom stereocenters. The van der Waals surface area contributed by atoms with Crippen molar-refractivity contribution in [1.82, 2.24) is 4.98 Å². The van der Waals surface area contributed by atoms with Crippen LogP contribution in [0.1, 0.15) is 18.9 Å². The van der Waals surface area contributed by atoms with E-state index in [1.807, 2.05) is 43.5 Å². The molecule has 0 saturated carbocycles. The van der Waals surface area contributed by atoms with Crippen molar-refractivity contribution < 1.29 is 0 Å². The number of aromatic amines is 1. The molecule has 3 rings (SSSR count). The van der Waals surface area contributed by atoms with E-state index in [-0.39, 0.29) is 11.6 Å². The van der Waals surface area contributed by atoms with Gasteiger partial charge in [0.1, 0.15) is 11.4 Å². The minimum atomic E-state index is 0.0513. The lowest BCUT2D eigenvalue weighted by molar-refractivity contribution is 1.27. The number of nitrogens with one attached hydrogen (secondary N) is 1. The molecule has 2 heterocycles. The molecule has 0 amide bonds. The normalized spacial score (nSPS) is 15.1. The summed E-state index contributed by atoms with van der Waals surface area (Å²) in [4.78, 5) is 18.3. The molecule has 0 aliphatic carbocycles. The van der Waals surface area contributed by atoms with Crippen LogP contribution in [-0.4, -0.2) is 16.4 Å². The van der Waals surface area contributed by atoms with Crippen LogP contribution in [0.15, 0.2) is 58.2 Å². The van der Waals surface area contributed by atoms with Gasteiger partial charge in [0, 0.05) is 17.1 Å². The Hall–Kier alpha value is -3.44. The van der Waals surface area contributed by atoms with Gasteiger partial charge in [-0.25, -0.2) is 0 Å². The molecule has 1 aromatic heterocycles. The summed E-state index contributed by atoms with van der Waals surface area (Å²) in [5, 5.41) is 1.13. The van der Waals surface area contributed by atoms with Gasteiger partial charge in [0.25, 0.3) is 11.6 Å². The smallest absolute Gasteiger partial charge is 0.293 e. The third-order valence-corrected chi connectivity index (χ3v) is 3.47. The van der Waals surface area contributed by atoms with Gasteiger partial charge < -0.3 is 14.7 Å². The maximum Gasteiger partial charge on any atom is 0.293 e. The number of rotatable bonds is 2. The predicted octanol–water partition coefficient (Wildman–Crippen LogP) is 4.45. The average Bonchev–Trinajstić information content (AvgIpc) is 2.90. The number of H-pyrrole nitrogens is 1. The Labute approximate surface area is 134 Å². The molecule has 0 atom stereocenters. The number of aliphatic imine (C=N–C) groups is 2. The largest absolute Gasteiger partial charge is 0.370 e. The van der Waals surface area contributed by atoms with Gasteiger partial charge >= 0.3 is 0 Å². The number of hydrogen-bond acceptors (Lipinski definition) is 2. The van der Waals surface area contributed by atoms with Crippen LogP contribution < -0.4 is 0 Å². The summed E-state index contributed by atoms with van der Waals surface area (Å²) < 4.78 is 0. The van der Waals surface area contributed by atoms with Crippen molar-refractivity contribution >= 4 is 28.4 Å². The van der Waals surface area contributed by atoms with Crippen LogP contribution in [0.5, 0.6) is 0 Å². The molecule has 1 aromatic carbocycles. The monoisotopic (exact) mass is 299 g/mol. The standard InChI is InChI=1S/C18H13N5/c1-12-10-14(23-18(20-3)17(19-2)22-12)9-8-13-11-21-16-7-5-4-6-15(13)16/h4-9,11,21H,10H2,1H3. The molecule has 0 bridgehead atoms. The van der Waals surface area contributed by atoms with Crippen molar-refractivity contribution in [3.05, 3.63) is 76.6 Å². The summed E-state index contributed by atoms with van der Waals surface area (Å²) in [5.74, 6) is 0.114. The van der Waals surface area contributed by atoms with Gasteiger partial charge in [-0.05, 0) is 30.7 Å². The lowest BCUT2D eigenvalue weighted by Crippen LogP contribution is -2.00. The first-order chi connectivity index (χ1) is 11.2. The van der Waals surface area contributed by atoms with Crippen molar-refractivity contribution in [1.29, 1.82) is 0 Å². The van der Waals surface area contributed by atoms with Gasteiger partial charge in [-0.15, -0.1) is 9.98 Å². The highest BCUT2D eigenvalue weighted by atomic mass is 15.1. The first-order valence-electron chi connectivity index (χ1n) is 7.06. The molecular formula is C18H13N5. The maximum atomic E-state index is 7.18. The van der Waals surface area contributed by atoms with Crippen LogP contribution in [0.2, 0.25) is 0 Å². The van der Waals surface area contributed by atoms with E-state index < -0.39 is 0 Å². The molecular weight excluding hydrogens is 286 g/mol. The predicted molar refractivity (Wildman–Crippen MR) is 92.7 cm³/mol. The van der Waals surface area contributed by atoms with E-state index in [4.69, 9.17) is 13.1 Å². The first-order valence-corrected chi connectivity index (χ1v) is 7.06. The third-order valence-electron chi connectivity index (χ3n) is 3.47. The highest BCUT2D eigenvalue weighted by Gasteiger charge is 2.16. The maximum absolute atomic E-state index is 7.18. The minimum Gasteiger partial charge on any atom is -0.370 e. The lowest BCUT2D eigenvalue weighted by atomic mass is 10.1. The SMILES string of the molecule is [C-]#[N+]C1=C([N+]#[C-])N=C(C=Cc2c[nH]c3ccccc23)CC(C)=N1. The number of aromatic nitrogens is 1. The topological polar surface area (TPSA) is 49.2 Å². The van der Waals surface area contributed by atoms with Gasteiger partial charge in [0.15, 0.2) is 0 Å². The summed E-state index contributed by atoms with van der Waals surface area (Å²) >= 11 is 0. The Morgan fingerprint density at radius 3 is 2.61 bits per heavy atom. The number of fused-ring (bicyclic) bond motifs is 1. The van der Waals surface area contributed by atoms with E-state index in [0.29, 0.717) is 6.42 Å². The Balaban J connectivity index is 1.98. The minimum absolute atomic E-state index is 0.0513. The van der Waals surface area contributed by atoms with Crippen LogP contribution in [0.3, 0.4) is 0 Å². The molecule has 2 aromatic rings. The average molecular weight is 299 g/mol. The van der Waals surface area contributed by atoms with Crippen molar-refractivity contribution in [2.75, 3.05) is 0 Å². The number of hydrogen-bond donors (Lipinski definition) is 1. The molecule has 0 saturated heterocycles. The van der Waals surface area contributed by atoms with Crippen LogP contribution in [-0.2, 0) is 0 Å². The van der Waals surface area contributed by atoms with Gasteiger partial charge in [0.2, 0.25) is 0 Å². The molecule has 23 heavy (non-hydrogen) atoms. The molecule has 5 nitrogen and oxygen atoms in total. The number of benzene rings is 1. The number of para-hydroxylation sites is 1. The van der Waals surface area contributed by atoms with Crippen LogP contribution in [0, 0.1) is 13.1 Å². The zero-order chi connectivity index (χ0) is 16.2. The fourth-order valence-electron chi connectivity index (χ4n) is 2.42. The summed E-state index contributed by atoms with van der Waals surface area (Å²) in [6.07, 6.45) is 6.31. The van der Waals surface area contributed by atoms with Crippen LogP contribution >= 0.6 is 0 Å². The summed E-state index contributed by atoms with van der Waals surface area (Å²) in [5.41, 5.74) is 3.63. The van der Waals surface area contributed by atoms with Gasteiger partial charge in [0.05, 0.1) is 6.42 Å². The summed E-state index contributed by atoms with van der Waals surface area (Å²) in [7, 11) is 0. The van der Waals surface area contributed by atoms with E-state index in [9.17, 15) is 0 Å². The van der Waals surface area contributed by atoms with Crippen molar-refractivity contribution in [3.63, 3.8) is 0 Å². The molecule has 1 aliphatic rings.